The van der Waals surface area contributed by atoms with E-state index >= 15 is 0 Å². The first kappa shape index (κ1) is 19.6. The van der Waals surface area contributed by atoms with Crippen molar-refractivity contribution in [3.63, 3.8) is 0 Å². The zero-order chi connectivity index (χ0) is 21.9. The molecule has 0 radical (unpaired) electrons. The predicted molar refractivity (Wildman–Crippen MR) is 109 cm³/mol. The van der Waals surface area contributed by atoms with Crippen LogP contribution in [0.4, 0.5) is 5.69 Å². The number of aryl methyl sites for hydroxylation is 1. The fraction of sp³-hybridized carbons (Fsp3) is 0.238. The Labute approximate surface area is 177 Å². The van der Waals surface area contributed by atoms with Crippen molar-refractivity contribution >= 4 is 39.0 Å². The van der Waals surface area contributed by atoms with Gasteiger partial charge in [0.15, 0.2) is 12.3 Å². The van der Waals surface area contributed by atoms with E-state index in [9.17, 15) is 17.8 Å². The number of aromatic nitrogens is 1. The number of ether oxygens (including phenoxy) is 2. The van der Waals surface area contributed by atoms with Crippen LogP contribution in [0.3, 0.4) is 0 Å². The van der Waals surface area contributed by atoms with Gasteiger partial charge in [0.05, 0.1) is 24.1 Å². The Morgan fingerprint density at radius 3 is 2.84 bits per heavy atom. The molecule has 10 heteroatoms. The summed E-state index contributed by atoms with van der Waals surface area (Å²) in [5.41, 5.74) is 3.06. The maximum Gasteiger partial charge on any atom is 0.379 e. The van der Waals surface area contributed by atoms with Crippen molar-refractivity contribution in [2.75, 3.05) is 12.0 Å². The van der Waals surface area contributed by atoms with Crippen LogP contribution >= 0.6 is 0 Å². The number of carbonyl (C=O) groups is 1. The molecule has 2 aromatic carbocycles. The number of methoxy groups -OCH3 is 1. The van der Waals surface area contributed by atoms with E-state index in [4.69, 9.17) is 13.9 Å². The van der Waals surface area contributed by atoms with Crippen LogP contribution in [0.1, 0.15) is 17.9 Å². The van der Waals surface area contributed by atoms with Crippen molar-refractivity contribution in [3.05, 3.63) is 53.7 Å². The minimum atomic E-state index is -4.41. The zero-order valence-corrected chi connectivity index (χ0v) is 17.5. The first-order valence-electron chi connectivity index (χ1n) is 9.55. The van der Waals surface area contributed by atoms with Gasteiger partial charge in [-0.3, -0.25) is 14.2 Å². The molecule has 0 fully saturated rings. The molecular weight excluding hydrogens is 424 g/mol. The number of benzene rings is 2. The van der Waals surface area contributed by atoms with Crippen LogP contribution in [-0.2, 0) is 26.2 Å². The third-order valence-corrected chi connectivity index (χ3v) is 6.31. The van der Waals surface area contributed by atoms with Crippen molar-refractivity contribution in [3.8, 4) is 5.75 Å². The highest BCUT2D eigenvalue weighted by molar-refractivity contribution is 7.85. The van der Waals surface area contributed by atoms with E-state index in [1.54, 1.807) is 11.0 Å². The number of carbonyl (C=O) groups excluding carboxylic acids is 1. The first-order valence-corrected chi connectivity index (χ1v) is 11.0. The largest absolute Gasteiger partial charge is 0.469 e. The molecule has 5 rings (SSSR count). The molecule has 0 spiro atoms. The van der Waals surface area contributed by atoms with Gasteiger partial charge in [-0.25, -0.2) is 0 Å². The second-order valence-corrected chi connectivity index (χ2v) is 8.94. The number of hydrogen-bond donors (Lipinski definition) is 1. The van der Waals surface area contributed by atoms with Crippen LogP contribution < -0.4 is 14.2 Å². The molecule has 9 nitrogen and oxygen atoms in total. The van der Waals surface area contributed by atoms with Gasteiger partial charge in [0.1, 0.15) is 12.1 Å². The second kappa shape index (κ2) is 6.82. The minimum absolute atomic E-state index is 0.0255. The lowest BCUT2D eigenvalue weighted by Crippen LogP contribution is -2.47. The highest BCUT2D eigenvalue weighted by Gasteiger charge is 2.42. The average molecular weight is 443 g/mol. The summed E-state index contributed by atoms with van der Waals surface area (Å²) in [7, 11) is -3.09. The minimum Gasteiger partial charge on any atom is -0.469 e. The van der Waals surface area contributed by atoms with Crippen LogP contribution in [-0.4, -0.2) is 32.1 Å². The van der Waals surface area contributed by atoms with Crippen molar-refractivity contribution in [2.24, 2.45) is 0 Å². The number of esters is 1. The van der Waals surface area contributed by atoms with Gasteiger partial charge in [0.2, 0.25) is 11.5 Å². The zero-order valence-electron chi connectivity index (χ0n) is 16.7. The quantitative estimate of drug-likeness (QED) is 0.373. The molecule has 1 unspecified atom stereocenters. The molecule has 0 saturated carbocycles. The fourth-order valence-electron chi connectivity index (χ4n) is 4.02. The molecule has 1 N–H and O–H groups in total. The first-order chi connectivity index (χ1) is 14.7. The maximum absolute atomic E-state index is 12.2. The van der Waals surface area contributed by atoms with Gasteiger partial charge >= 0.3 is 11.9 Å². The molecule has 0 amide bonds. The van der Waals surface area contributed by atoms with Crippen LogP contribution in [0.2, 0.25) is 0 Å². The number of hydrogen-bond acceptors (Lipinski definition) is 7. The van der Waals surface area contributed by atoms with Crippen LogP contribution in [0, 0.1) is 6.92 Å². The van der Waals surface area contributed by atoms with Crippen molar-refractivity contribution in [1.29, 1.82) is 0 Å². The lowest BCUT2D eigenvalue weighted by atomic mass is 10.1. The molecule has 160 valence electrons. The number of oxazole rings is 1. The normalized spacial score (nSPS) is 17.3. The van der Waals surface area contributed by atoms with E-state index in [-0.39, 0.29) is 11.3 Å². The summed E-state index contributed by atoms with van der Waals surface area (Å²) < 4.78 is 51.6. The van der Waals surface area contributed by atoms with E-state index in [2.05, 4.69) is 0 Å². The Hall–Kier alpha value is -3.37. The molecule has 0 bridgehead atoms. The van der Waals surface area contributed by atoms with Gasteiger partial charge in [0, 0.05) is 6.07 Å². The van der Waals surface area contributed by atoms with Gasteiger partial charge in [0.25, 0.3) is 15.6 Å². The molecule has 1 aromatic heterocycles. The molecule has 2 aliphatic heterocycles. The Bertz CT molecular complexity index is 1370. The van der Waals surface area contributed by atoms with E-state index in [1.165, 1.54) is 25.3 Å². The Morgan fingerprint density at radius 1 is 1.29 bits per heavy atom. The van der Waals surface area contributed by atoms with Gasteiger partial charge in [-0.2, -0.15) is 13.0 Å². The predicted octanol–water partition coefficient (Wildman–Crippen LogP) is 2.42. The summed E-state index contributed by atoms with van der Waals surface area (Å²) in [6.07, 6.45) is 1.73. The standard InChI is InChI=1S/C21H18N2O7S/c1-12-3-5-17-15(7-12)22-11-13(8-21(24)28-2)23-16-9-14(31(25,26)27)4-6-18(16)30-20(23)10-19(22)29-17/h3-7,9-10,13H,8,11H2,1-2H3/p+1. The maximum atomic E-state index is 12.2. The number of nitrogens with zero attached hydrogens (tertiary/aromatic N) is 2. The summed E-state index contributed by atoms with van der Waals surface area (Å²) >= 11 is 0. The lowest BCUT2D eigenvalue weighted by Gasteiger charge is -2.24. The average Bonchev–Trinajstić information content (AvgIpc) is 3.19. The SMILES string of the molecule is COC(=O)CC1C[n+]2c(oc3ccc(C)cc32)C=C2Oc3ccc(S(=O)(=O)O)cc3N21. The highest BCUT2D eigenvalue weighted by atomic mass is 32.2. The molecular formula is C21H19N2O7S+. The molecule has 3 heterocycles. The molecule has 3 aromatic rings. The molecule has 1 atom stereocenters. The third kappa shape index (κ3) is 3.24. The monoisotopic (exact) mass is 443 g/mol. The topological polar surface area (TPSA) is 110 Å². The number of anilines is 1. The van der Waals surface area contributed by atoms with Gasteiger partial charge in [-0.15, -0.1) is 0 Å². The summed E-state index contributed by atoms with van der Waals surface area (Å²) in [5.74, 6) is 0.917. The van der Waals surface area contributed by atoms with E-state index in [1.807, 2.05) is 29.7 Å². The van der Waals surface area contributed by atoms with Crippen LogP contribution in [0.15, 0.2) is 51.6 Å². The van der Waals surface area contributed by atoms with Crippen molar-refractivity contribution < 1.29 is 36.2 Å². The Balaban J connectivity index is 1.69. The Kier molecular flexibility index (Phi) is 4.31. The highest BCUT2D eigenvalue weighted by Crippen LogP contribution is 2.43. The third-order valence-electron chi connectivity index (χ3n) is 5.46. The lowest BCUT2D eigenvalue weighted by molar-refractivity contribution is -0.679. The summed E-state index contributed by atoms with van der Waals surface area (Å²) in [6.45, 7) is 2.34. The van der Waals surface area contributed by atoms with Crippen molar-refractivity contribution in [1.82, 2.24) is 0 Å². The van der Waals surface area contributed by atoms with Crippen molar-refractivity contribution in [2.45, 2.75) is 30.8 Å². The van der Waals surface area contributed by atoms with Crippen LogP contribution in [0.5, 0.6) is 5.75 Å². The van der Waals surface area contributed by atoms with Gasteiger partial charge in [-0.05, 0) is 36.8 Å². The van der Waals surface area contributed by atoms with Gasteiger partial charge in [-0.1, -0.05) is 6.07 Å². The summed E-state index contributed by atoms with van der Waals surface area (Å²) in [5, 5.41) is 0. The fourth-order valence-corrected chi connectivity index (χ4v) is 4.53. The molecule has 0 saturated heterocycles. The van der Waals surface area contributed by atoms with E-state index in [0.717, 1.165) is 11.1 Å². The second-order valence-electron chi connectivity index (χ2n) is 7.52. The Morgan fingerprint density at radius 2 is 2.10 bits per heavy atom. The number of rotatable bonds is 3. The smallest absolute Gasteiger partial charge is 0.379 e. The molecule has 31 heavy (non-hydrogen) atoms. The van der Waals surface area contributed by atoms with E-state index in [0.29, 0.717) is 35.3 Å². The molecule has 2 aliphatic rings. The molecule has 0 aliphatic carbocycles. The summed E-state index contributed by atoms with van der Waals surface area (Å²) in [6, 6.07) is 9.45. The number of fused-ring (bicyclic) bond motifs is 6. The van der Waals surface area contributed by atoms with E-state index < -0.39 is 22.1 Å². The van der Waals surface area contributed by atoms with Gasteiger partial charge < -0.3 is 13.9 Å². The summed E-state index contributed by atoms with van der Waals surface area (Å²) in [4.78, 5) is 13.7. The van der Waals surface area contributed by atoms with Crippen LogP contribution in [0.25, 0.3) is 17.2 Å².